The Hall–Kier alpha value is -3.02. The standard InChI is InChI=1S/C22H28N2O4/c1-2-15-24(22(26)28-18-20-12-7-4-8-13-20)16-9-14-23-21(25)27-17-19-10-5-3-6-11-19/h3-8,10-13H,2,9,14-18H2,1H3,(H,23,25). The Morgan fingerprint density at radius 3 is 2.00 bits per heavy atom. The summed E-state index contributed by atoms with van der Waals surface area (Å²) < 4.78 is 10.5. The fourth-order valence-corrected chi connectivity index (χ4v) is 2.61. The van der Waals surface area contributed by atoms with Crippen LogP contribution in [0.5, 0.6) is 0 Å². The van der Waals surface area contributed by atoms with E-state index >= 15 is 0 Å². The zero-order valence-corrected chi connectivity index (χ0v) is 16.3. The number of rotatable bonds is 10. The Balaban J connectivity index is 1.64. The summed E-state index contributed by atoms with van der Waals surface area (Å²) in [5.41, 5.74) is 1.89. The average Bonchev–Trinajstić information content (AvgIpc) is 2.74. The molecule has 1 N–H and O–H groups in total. The van der Waals surface area contributed by atoms with Crippen molar-refractivity contribution in [2.75, 3.05) is 19.6 Å². The second-order valence-electron chi connectivity index (χ2n) is 6.37. The number of amides is 2. The maximum absolute atomic E-state index is 12.3. The molecule has 6 nitrogen and oxygen atoms in total. The number of carbonyl (C=O) groups excluding carboxylic acids is 2. The summed E-state index contributed by atoms with van der Waals surface area (Å²) >= 11 is 0. The van der Waals surface area contributed by atoms with E-state index in [-0.39, 0.29) is 19.3 Å². The van der Waals surface area contributed by atoms with Gasteiger partial charge < -0.3 is 19.7 Å². The normalized spacial score (nSPS) is 10.2. The molecule has 0 fully saturated rings. The third-order valence-electron chi connectivity index (χ3n) is 4.04. The molecule has 0 aromatic heterocycles. The number of hydrogen-bond acceptors (Lipinski definition) is 4. The fraction of sp³-hybridized carbons (Fsp3) is 0.364. The summed E-state index contributed by atoms with van der Waals surface area (Å²) in [6, 6.07) is 19.1. The lowest BCUT2D eigenvalue weighted by Gasteiger charge is -2.21. The first-order valence-corrected chi connectivity index (χ1v) is 9.59. The highest BCUT2D eigenvalue weighted by Gasteiger charge is 2.14. The number of nitrogens with zero attached hydrogens (tertiary/aromatic N) is 1. The zero-order chi connectivity index (χ0) is 20.0. The van der Waals surface area contributed by atoms with Gasteiger partial charge in [0.2, 0.25) is 0 Å². The molecule has 0 unspecified atom stereocenters. The van der Waals surface area contributed by atoms with Gasteiger partial charge in [-0.25, -0.2) is 9.59 Å². The molecule has 0 saturated heterocycles. The highest BCUT2D eigenvalue weighted by Crippen LogP contribution is 2.05. The van der Waals surface area contributed by atoms with Crippen LogP contribution >= 0.6 is 0 Å². The number of ether oxygens (including phenoxy) is 2. The van der Waals surface area contributed by atoms with E-state index in [1.54, 1.807) is 4.90 Å². The summed E-state index contributed by atoms with van der Waals surface area (Å²) in [6.07, 6.45) is 0.670. The Morgan fingerprint density at radius 1 is 0.857 bits per heavy atom. The molecule has 2 amide bonds. The van der Waals surface area contributed by atoms with E-state index in [0.29, 0.717) is 26.1 Å². The SMILES string of the molecule is CCCN(CCCNC(=O)OCc1ccccc1)C(=O)OCc1ccccc1. The topological polar surface area (TPSA) is 67.9 Å². The summed E-state index contributed by atoms with van der Waals surface area (Å²) in [4.78, 5) is 25.7. The molecule has 0 bridgehead atoms. The van der Waals surface area contributed by atoms with Crippen molar-refractivity contribution in [1.29, 1.82) is 0 Å². The van der Waals surface area contributed by atoms with Gasteiger partial charge in [-0.3, -0.25) is 0 Å². The number of alkyl carbamates (subject to hydrolysis) is 1. The molecule has 0 radical (unpaired) electrons. The van der Waals surface area contributed by atoms with Gasteiger partial charge in [-0.15, -0.1) is 0 Å². The van der Waals surface area contributed by atoms with E-state index in [2.05, 4.69) is 5.32 Å². The zero-order valence-electron chi connectivity index (χ0n) is 16.3. The van der Waals surface area contributed by atoms with E-state index in [1.165, 1.54) is 0 Å². The van der Waals surface area contributed by atoms with Crippen LogP contribution in [0.4, 0.5) is 9.59 Å². The molecule has 0 heterocycles. The van der Waals surface area contributed by atoms with Gasteiger partial charge in [0.25, 0.3) is 0 Å². The minimum absolute atomic E-state index is 0.237. The molecule has 2 rings (SSSR count). The van der Waals surface area contributed by atoms with Crippen LogP contribution in [-0.4, -0.2) is 36.7 Å². The fourth-order valence-electron chi connectivity index (χ4n) is 2.61. The van der Waals surface area contributed by atoms with Crippen molar-refractivity contribution in [2.24, 2.45) is 0 Å². The molecule has 0 aliphatic rings. The van der Waals surface area contributed by atoms with Crippen LogP contribution in [-0.2, 0) is 22.7 Å². The van der Waals surface area contributed by atoms with Crippen molar-refractivity contribution in [2.45, 2.75) is 33.0 Å². The summed E-state index contributed by atoms with van der Waals surface area (Å²) in [5, 5.41) is 2.71. The Bertz CT molecular complexity index is 707. The van der Waals surface area contributed by atoms with Gasteiger partial charge in [-0.05, 0) is 24.0 Å². The van der Waals surface area contributed by atoms with Gasteiger partial charge in [-0.1, -0.05) is 67.6 Å². The van der Waals surface area contributed by atoms with Crippen molar-refractivity contribution >= 4 is 12.2 Å². The van der Waals surface area contributed by atoms with Crippen LogP contribution in [0.15, 0.2) is 60.7 Å². The van der Waals surface area contributed by atoms with Gasteiger partial charge in [0.05, 0.1) is 0 Å². The first-order chi connectivity index (χ1) is 13.7. The monoisotopic (exact) mass is 384 g/mol. The lowest BCUT2D eigenvalue weighted by molar-refractivity contribution is 0.0955. The van der Waals surface area contributed by atoms with Crippen molar-refractivity contribution in [3.63, 3.8) is 0 Å². The van der Waals surface area contributed by atoms with Crippen LogP contribution in [0, 0.1) is 0 Å². The molecule has 0 atom stereocenters. The van der Waals surface area contributed by atoms with Crippen LogP contribution in [0.25, 0.3) is 0 Å². The van der Waals surface area contributed by atoms with Crippen molar-refractivity contribution in [3.8, 4) is 0 Å². The Morgan fingerprint density at radius 2 is 1.43 bits per heavy atom. The lowest BCUT2D eigenvalue weighted by Crippen LogP contribution is -2.35. The smallest absolute Gasteiger partial charge is 0.410 e. The van der Waals surface area contributed by atoms with Gasteiger partial charge in [0.1, 0.15) is 13.2 Å². The molecule has 0 aliphatic carbocycles. The molecular formula is C22H28N2O4. The van der Waals surface area contributed by atoms with E-state index in [9.17, 15) is 9.59 Å². The molecule has 0 aliphatic heterocycles. The number of benzene rings is 2. The number of hydrogen-bond donors (Lipinski definition) is 1. The van der Waals surface area contributed by atoms with Gasteiger partial charge in [0, 0.05) is 19.6 Å². The first-order valence-electron chi connectivity index (χ1n) is 9.59. The maximum Gasteiger partial charge on any atom is 0.410 e. The van der Waals surface area contributed by atoms with Gasteiger partial charge in [-0.2, -0.15) is 0 Å². The van der Waals surface area contributed by atoms with Gasteiger partial charge in [0.15, 0.2) is 0 Å². The maximum atomic E-state index is 12.3. The van der Waals surface area contributed by atoms with E-state index in [1.807, 2.05) is 67.6 Å². The lowest BCUT2D eigenvalue weighted by atomic mass is 10.2. The highest BCUT2D eigenvalue weighted by molar-refractivity contribution is 5.68. The molecule has 2 aromatic carbocycles. The van der Waals surface area contributed by atoms with Crippen LogP contribution in [0.1, 0.15) is 30.9 Å². The molecule has 150 valence electrons. The molecule has 0 saturated carbocycles. The molecule has 6 heteroatoms. The highest BCUT2D eigenvalue weighted by atomic mass is 16.6. The number of nitrogens with one attached hydrogen (secondary N) is 1. The minimum Gasteiger partial charge on any atom is -0.445 e. The van der Waals surface area contributed by atoms with E-state index < -0.39 is 6.09 Å². The Labute approximate surface area is 166 Å². The second-order valence-corrected chi connectivity index (χ2v) is 6.37. The van der Waals surface area contributed by atoms with Crippen LogP contribution < -0.4 is 5.32 Å². The third-order valence-corrected chi connectivity index (χ3v) is 4.04. The summed E-state index contributed by atoms with van der Waals surface area (Å²) in [5.74, 6) is 0. The van der Waals surface area contributed by atoms with Crippen LogP contribution in [0.3, 0.4) is 0 Å². The predicted octanol–water partition coefficient (Wildman–Crippen LogP) is 4.35. The summed E-state index contributed by atoms with van der Waals surface area (Å²) in [6.45, 7) is 4.06. The van der Waals surface area contributed by atoms with Crippen molar-refractivity contribution in [1.82, 2.24) is 10.2 Å². The largest absolute Gasteiger partial charge is 0.445 e. The van der Waals surface area contributed by atoms with Crippen LogP contribution in [0.2, 0.25) is 0 Å². The molecule has 2 aromatic rings. The van der Waals surface area contributed by atoms with E-state index in [0.717, 1.165) is 17.5 Å². The van der Waals surface area contributed by atoms with Crippen molar-refractivity contribution in [3.05, 3.63) is 71.8 Å². The first kappa shape index (κ1) is 21.3. The summed E-state index contributed by atoms with van der Waals surface area (Å²) in [7, 11) is 0. The second kappa shape index (κ2) is 12.4. The third kappa shape index (κ3) is 8.12. The number of carbonyl (C=O) groups is 2. The van der Waals surface area contributed by atoms with E-state index in [4.69, 9.17) is 9.47 Å². The molecule has 0 spiro atoms. The van der Waals surface area contributed by atoms with Gasteiger partial charge >= 0.3 is 12.2 Å². The predicted molar refractivity (Wildman–Crippen MR) is 108 cm³/mol. The molecule has 28 heavy (non-hydrogen) atoms. The average molecular weight is 384 g/mol. The Kier molecular flexibility index (Phi) is 9.41. The van der Waals surface area contributed by atoms with Crippen molar-refractivity contribution < 1.29 is 19.1 Å². The molecular weight excluding hydrogens is 356 g/mol. The quantitative estimate of drug-likeness (QED) is 0.618. The minimum atomic E-state index is -0.461.